The molecule has 0 saturated carbocycles. The Morgan fingerprint density at radius 3 is 2.86 bits per heavy atom. The minimum atomic E-state index is 0.861. The van der Waals surface area contributed by atoms with Gasteiger partial charge in [0.2, 0.25) is 0 Å². The number of hydrazine groups is 1. The van der Waals surface area contributed by atoms with Crippen molar-refractivity contribution in [2.75, 3.05) is 19.6 Å². The van der Waals surface area contributed by atoms with Gasteiger partial charge in [0.05, 0.1) is 0 Å². The van der Waals surface area contributed by atoms with Crippen LogP contribution in [0.4, 0.5) is 0 Å². The summed E-state index contributed by atoms with van der Waals surface area (Å²) in [4.78, 5) is 0. The average molecular weight is 97.1 g/mol. The summed E-state index contributed by atoms with van der Waals surface area (Å²) in [6, 6.07) is 0. The third-order valence-corrected chi connectivity index (χ3v) is 1.69. The van der Waals surface area contributed by atoms with Crippen LogP contribution in [0.2, 0.25) is 0 Å². The second-order valence-corrected chi connectivity index (χ2v) is 2.26. The Morgan fingerprint density at radius 1 is 1.71 bits per heavy atom. The van der Waals surface area contributed by atoms with E-state index in [-0.39, 0.29) is 0 Å². The largest absolute Gasteiger partial charge is 0.255 e. The maximum atomic E-state index is 3.26. The van der Waals surface area contributed by atoms with Crippen LogP contribution in [-0.2, 0) is 0 Å². The first-order valence-electron chi connectivity index (χ1n) is 2.77. The van der Waals surface area contributed by atoms with Crippen LogP contribution >= 0.6 is 0 Å². The molecule has 0 aliphatic carbocycles. The van der Waals surface area contributed by atoms with Crippen LogP contribution in [0.15, 0.2) is 0 Å². The molecular weight excluding hydrogens is 88.1 g/mol. The summed E-state index contributed by atoms with van der Waals surface area (Å²) >= 11 is 0. The van der Waals surface area contributed by atoms with Crippen molar-refractivity contribution in [2.45, 2.75) is 0 Å². The highest BCUT2D eigenvalue weighted by Gasteiger charge is 2.28. The number of fused-ring (bicyclic) bond motifs is 2. The number of hydrogen-bond donors (Lipinski definition) is 1. The van der Waals surface area contributed by atoms with Gasteiger partial charge in [0, 0.05) is 19.6 Å². The van der Waals surface area contributed by atoms with Crippen molar-refractivity contribution >= 4 is 0 Å². The topological polar surface area (TPSA) is 15.3 Å². The predicted octanol–water partition coefficient (Wildman–Crippen LogP) is -0.359. The molecule has 1 N–H and O–H groups in total. The zero-order chi connectivity index (χ0) is 4.69. The minimum Gasteiger partial charge on any atom is -0.255 e. The van der Waals surface area contributed by atoms with E-state index in [1.807, 2.05) is 0 Å². The van der Waals surface area contributed by atoms with Crippen LogP contribution in [0.1, 0.15) is 0 Å². The molecule has 0 aromatic heterocycles. The predicted molar refractivity (Wildman–Crippen MR) is 27.4 cm³/mol. The van der Waals surface area contributed by atoms with E-state index in [4.69, 9.17) is 0 Å². The second kappa shape index (κ2) is 1.20. The highest BCUT2D eigenvalue weighted by atomic mass is 15.5. The van der Waals surface area contributed by atoms with Crippen LogP contribution in [0.5, 0.6) is 0 Å². The summed E-state index contributed by atoms with van der Waals surface area (Å²) in [6.07, 6.45) is 2.37. The summed E-state index contributed by atoms with van der Waals surface area (Å²) in [5.41, 5.74) is 3.26. The van der Waals surface area contributed by atoms with Crippen molar-refractivity contribution in [1.29, 1.82) is 0 Å². The molecule has 7 heavy (non-hydrogen) atoms. The molecule has 2 unspecified atom stereocenters. The molecule has 2 atom stereocenters. The van der Waals surface area contributed by atoms with Crippen molar-refractivity contribution in [3.8, 4) is 0 Å². The number of hydrogen-bond acceptors (Lipinski definition) is 2. The maximum Gasteiger partial charge on any atom is 0.0175 e. The van der Waals surface area contributed by atoms with Crippen molar-refractivity contribution in [3.05, 3.63) is 6.42 Å². The van der Waals surface area contributed by atoms with Gasteiger partial charge < -0.3 is 0 Å². The van der Waals surface area contributed by atoms with Crippen LogP contribution in [0.3, 0.4) is 0 Å². The van der Waals surface area contributed by atoms with Crippen LogP contribution in [0.25, 0.3) is 0 Å². The van der Waals surface area contributed by atoms with E-state index < -0.39 is 0 Å². The fraction of sp³-hybridized carbons (Fsp3) is 0.800. The van der Waals surface area contributed by atoms with Crippen molar-refractivity contribution in [2.24, 2.45) is 5.92 Å². The molecule has 2 heteroatoms. The van der Waals surface area contributed by atoms with Crippen LogP contribution in [0, 0.1) is 12.3 Å². The highest BCUT2D eigenvalue weighted by molar-refractivity contribution is 4.94. The van der Waals surface area contributed by atoms with Gasteiger partial charge in [-0.3, -0.25) is 5.43 Å². The van der Waals surface area contributed by atoms with E-state index in [9.17, 15) is 0 Å². The molecule has 2 saturated heterocycles. The normalized spacial score (nSPS) is 48.0. The lowest BCUT2D eigenvalue weighted by molar-refractivity contribution is 0.288. The van der Waals surface area contributed by atoms with Gasteiger partial charge in [-0.05, 0) is 12.3 Å². The Labute approximate surface area is 43.5 Å². The fourth-order valence-corrected chi connectivity index (χ4v) is 1.23. The zero-order valence-electron chi connectivity index (χ0n) is 4.22. The number of nitrogens with zero attached hydrogens (tertiary/aromatic N) is 1. The molecule has 2 heterocycles. The van der Waals surface area contributed by atoms with E-state index in [0.29, 0.717) is 0 Å². The van der Waals surface area contributed by atoms with Crippen LogP contribution < -0.4 is 5.43 Å². The number of rotatable bonds is 0. The van der Waals surface area contributed by atoms with Gasteiger partial charge in [0.25, 0.3) is 0 Å². The lowest BCUT2D eigenvalue weighted by Crippen LogP contribution is -2.32. The van der Waals surface area contributed by atoms with Crippen LogP contribution in [-0.4, -0.2) is 24.6 Å². The first-order valence-corrected chi connectivity index (χ1v) is 2.77. The summed E-state index contributed by atoms with van der Waals surface area (Å²) in [7, 11) is 0. The Hall–Kier alpha value is -0.0800. The Morgan fingerprint density at radius 2 is 2.71 bits per heavy atom. The molecule has 39 valence electrons. The summed E-state index contributed by atoms with van der Waals surface area (Å²) in [5, 5.41) is 2.25. The maximum absolute atomic E-state index is 3.26. The lowest BCUT2D eigenvalue weighted by Gasteiger charge is -2.11. The quantitative estimate of drug-likeness (QED) is 0.444. The van der Waals surface area contributed by atoms with Gasteiger partial charge in [0.1, 0.15) is 0 Å². The molecule has 0 spiro atoms. The van der Waals surface area contributed by atoms with E-state index in [1.165, 1.54) is 13.1 Å². The minimum absolute atomic E-state index is 0.861. The van der Waals surface area contributed by atoms with E-state index in [2.05, 4.69) is 16.9 Å². The molecule has 1 radical (unpaired) electrons. The van der Waals surface area contributed by atoms with Gasteiger partial charge in [-0.2, -0.15) is 0 Å². The van der Waals surface area contributed by atoms with Gasteiger partial charge in [0.15, 0.2) is 0 Å². The summed E-state index contributed by atoms with van der Waals surface area (Å²) in [5.74, 6) is 0.861. The Bertz CT molecular complexity index is 64.1. The van der Waals surface area contributed by atoms with Crippen molar-refractivity contribution in [3.63, 3.8) is 0 Å². The Kier molecular flexibility index (Phi) is 0.664. The third-order valence-electron chi connectivity index (χ3n) is 1.69. The first-order chi connectivity index (χ1) is 3.45. The fourth-order valence-electron chi connectivity index (χ4n) is 1.23. The third kappa shape index (κ3) is 0.469. The van der Waals surface area contributed by atoms with Gasteiger partial charge in [-0.1, -0.05) is 0 Å². The molecule has 2 nitrogen and oxygen atoms in total. The molecule has 0 aromatic rings. The van der Waals surface area contributed by atoms with Gasteiger partial charge >= 0.3 is 0 Å². The van der Waals surface area contributed by atoms with Crippen molar-refractivity contribution < 1.29 is 0 Å². The second-order valence-electron chi connectivity index (χ2n) is 2.26. The molecule has 2 aliphatic heterocycles. The average Bonchev–Trinajstić information content (AvgIpc) is 2.22. The highest BCUT2D eigenvalue weighted by Crippen LogP contribution is 2.17. The van der Waals surface area contributed by atoms with E-state index >= 15 is 0 Å². The smallest absolute Gasteiger partial charge is 0.0175 e. The molecule has 0 amide bonds. The SMILES string of the molecule is [CH]1CN2CC1CN2. The number of nitrogens with one attached hydrogen (secondary N) is 1. The lowest BCUT2D eigenvalue weighted by atomic mass is 10.1. The summed E-state index contributed by atoms with van der Waals surface area (Å²) in [6.45, 7) is 3.59. The molecule has 2 rings (SSSR count). The van der Waals surface area contributed by atoms with Crippen molar-refractivity contribution in [1.82, 2.24) is 10.4 Å². The van der Waals surface area contributed by atoms with E-state index in [0.717, 1.165) is 12.5 Å². The monoisotopic (exact) mass is 97.1 g/mol. The zero-order valence-corrected chi connectivity index (χ0v) is 4.22. The van der Waals surface area contributed by atoms with Gasteiger partial charge in [-0.25, -0.2) is 5.01 Å². The molecule has 2 fully saturated rings. The van der Waals surface area contributed by atoms with E-state index in [1.54, 1.807) is 0 Å². The molecule has 2 aliphatic rings. The molecule has 0 aromatic carbocycles. The standard InChI is InChI=1S/C5H9N2/c1-2-7-4-5(1)3-6-7/h1,5-6H,2-4H2. The Balaban J connectivity index is 2.12. The van der Waals surface area contributed by atoms with Gasteiger partial charge in [-0.15, -0.1) is 0 Å². The molecular formula is C5H9N2. The molecule has 2 bridgehead atoms. The first kappa shape index (κ1) is 3.87. The summed E-state index contributed by atoms with van der Waals surface area (Å²) < 4.78 is 0.